The Hall–Kier alpha value is -2.15. The molecule has 3 aromatic carbocycles. The summed E-state index contributed by atoms with van der Waals surface area (Å²) >= 11 is -2.61. The number of hydrogen-bond donors (Lipinski definition) is 0. The van der Waals surface area contributed by atoms with E-state index in [0.717, 1.165) is 4.22 Å². The van der Waals surface area contributed by atoms with E-state index in [4.69, 9.17) is 0 Å². The molecule has 3 aromatic rings. The van der Waals surface area contributed by atoms with Gasteiger partial charge in [0.25, 0.3) is 0 Å². The zero-order valence-electron chi connectivity index (χ0n) is 20.0. The van der Waals surface area contributed by atoms with Crippen LogP contribution in [0.2, 0.25) is 4.22 Å². The average molecular weight is 469 g/mol. The van der Waals surface area contributed by atoms with Crippen molar-refractivity contribution in [1.82, 2.24) is 0 Å². The van der Waals surface area contributed by atoms with Gasteiger partial charge in [0, 0.05) is 0 Å². The van der Waals surface area contributed by atoms with Gasteiger partial charge < -0.3 is 0 Å². The van der Waals surface area contributed by atoms with Gasteiger partial charge >= 0.3 is 204 Å². The van der Waals surface area contributed by atoms with Gasteiger partial charge in [-0.2, -0.15) is 0 Å². The molecule has 0 saturated heterocycles. The summed E-state index contributed by atoms with van der Waals surface area (Å²) < 4.78 is 4.61. The van der Waals surface area contributed by atoms with Crippen LogP contribution in [0.4, 0.5) is 0 Å². The summed E-state index contributed by atoms with van der Waals surface area (Å²) in [6.45, 7) is 2.40. The predicted octanol–water partition coefficient (Wildman–Crippen LogP) is 8.75. The van der Waals surface area contributed by atoms with E-state index in [-0.39, 0.29) is 0 Å². The number of rotatable bonds is 8. The molecule has 0 aromatic heterocycles. The van der Waals surface area contributed by atoms with Crippen molar-refractivity contribution in [3.05, 3.63) is 130 Å². The molecule has 2 aliphatic carbocycles. The van der Waals surface area contributed by atoms with Crippen molar-refractivity contribution in [3.63, 3.8) is 0 Å². The van der Waals surface area contributed by atoms with Crippen molar-refractivity contribution in [3.8, 4) is 0 Å². The van der Waals surface area contributed by atoms with Crippen LogP contribution in [0, 0.1) is 0 Å². The molecule has 0 saturated carbocycles. The zero-order chi connectivity index (χ0) is 22.5. The summed E-state index contributed by atoms with van der Waals surface area (Å²) in [6.07, 6.45) is 9.22. The summed E-state index contributed by atoms with van der Waals surface area (Å²) in [5.41, 5.74) is 9.96. The van der Waals surface area contributed by atoms with Crippen LogP contribution in [0.25, 0.3) is 0 Å². The van der Waals surface area contributed by atoms with E-state index in [0.29, 0.717) is 0 Å². The molecule has 0 radical (unpaired) electrons. The molecular formula is C32H36Ti. The topological polar surface area (TPSA) is 0 Å². The van der Waals surface area contributed by atoms with E-state index in [1.165, 1.54) is 46.3 Å². The van der Waals surface area contributed by atoms with Gasteiger partial charge in [0.1, 0.15) is 0 Å². The fourth-order valence-corrected chi connectivity index (χ4v) is 16.3. The summed E-state index contributed by atoms with van der Waals surface area (Å²) in [5.74, 6) is 0. The number of hydrogen-bond acceptors (Lipinski definition) is 0. The van der Waals surface area contributed by atoms with E-state index < -0.39 is 16.6 Å². The average Bonchev–Trinajstić information content (AvgIpc) is 3.25. The van der Waals surface area contributed by atoms with Crippen LogP contribution >= 0.6 is 0 Å². The Kier molecular flexibility index (Phi) is 7.14. The molecule has 2 aliphatic rings. The van der Waals surface area contributed by atoms with Gasteiger partial charge in [0.05, 0.1) is 0 Å². The van der Waals surface area contributed by atoms with E-state index in [2.05, 4.69) is 104 Å². The second kappa shape index (κ2) is 10.4. The first kappa shape index (κ1) is 22.6. The molecule has 0 bridgehead atoms. The second-order valence-electron chi connectivity index (χ2n) is 10.1. The van der Waals surface area contributed by atoms with Crippen molar-refractivity contribution in [2.45, 2.75) is 57.4 Å². The normalized spacial score (nSPS) is 18.2. The second-order valence-corrected chi connectivity index (χ2v) is 16.9. The first-order chi connectivity index (χ1) is 16.3. The minimum atomic E-state index is -2.61. The summed E-state index contributed by atoms with van der Waals surface area (Å²) in [7, 11) is 0. The van der Waals surface area contributed by atoms with Crippen LogP contribution in [0.1, 0.15) is 55.7 Å². The zero-order valence-corrected chi connectivity index (χ0v) is 21.5. The van der Waals surface area contributed by atoms with Gasteiger partial charge in [-0.15, -0.1) is 0 Å². The molecule has 0 spiro atoms. The standard InChI is InChI=1S/C11H15.3C7H7.Ti/c1-2-9-7-10-5-3-4-6-11(10)8-9;3*1-7-5-3-2-4-6-7;/h7-8H,2-6H2,1H3;3*2-6H,1H2;. The summed E-state index contributed by atoms with van der Waals surface area (Å²) in [5, 5.41) is 0. The van der Waals surface area contributed by atoms with Crippen molar-refractivity contribution < 1.29 is 16.6 Å². The molecule has 0 fully saturated rings. The van der Waals surface area contributed by atoms with Crippen molar-refractivity contribution >= 4 is 0 Å². The van der Waals surface area contributed by atoms with E-state index in [9.17, 15) is 0 Å². The first-order valence-electron chi connectivity index (χ1n) is 12.8. The van der Waals surface area contributed by atoms with Gasteiger partial charge in [0.15, 0.2) is 0 Å². The van der Waals surface area contributed by atoms with Gasteiger partial charge in [-0.05, 0) is 0 Å². The molecule has 0 aliphatic heterocycles. The Morgan fingerprint density at radius 3 is 1.55 bits per heavy atom. The Morgan fingerprint density at radius 1 is 0.636 bits per heavy atom. The Bertz CT molecular complexity index is 1010. The number of benzene rings is 3. The van der Waals surface area contributed by atoms with Gasteiger partial charge in [-0.25, -0.2) is 0 Å². The summed E-state index contributed by atoms with van der Waals surface area (Å²) in [6, 6.07) is 34.3. The molecule has 1 unspecified atom stereocenters. The Labute approximate surface area is 203 Å². The maximum absolute atomic E-state index is 2.65. The molecule has 1 heteroatoms. The van der Waals surface area contributed by atoms with Crippen molar-refractivity contribution in [2.24, 2.45) is 0 Å². The first-order valence-corrected chi connectivity index (χ1v) is 17.0. The molecular weight excluding hydrogens is 432 g/mol. The molecule has 0 amide bonds. The fraction of sp³-hybridized carbons (Fsp3) is 0.312. The Morgan fingerprint density at radius 2 is 1.09 bits per heavy atom. The molecule has 5 rings (SSSR count). The van der Waals surface area contributed by atoms with E-state index >= 15 is 0 Å². The van der Waals surface area contributed by atoms with Crippen LogP contribution in [-0.2, 0) is 30.8 Å². The number of allylic oxidation sites excluding steroid dienone is 4. The molecule has 0 heterocycles. The molecule has 0 nitrogen and oxygen atoms in total. The van der Waals surface area contributed by atoms with Crippen molar-refractivity contribution in [2.75, 3.05) is 0 Å². The van der Waals surface area contributed by atoms with Crippen molar-refractivity contribution in [1.29, 1.82) is 0 Å². The maximum atomic E-state index is 2.65. The third kappa shape index (κ3) is 5.03. The Balaban J connectivity index is 1.67. The monoisotopic (exact) mass is 468 g/mol. The van der Waals surface area contributed by atoms with E-state index in [1.54, 1.807) is 27.8 Å². The molecule has 0 N–H and O–H groups in total. The van der Waals surface area contributed by atoms with Gasteiger partial charge in [-0.3, -0.25) is 0 Å². The SMILES string of the molecule is CCC1=CC2=C(CCCC2)[CH]1[Ti]([CH2]c1ccccc1)([CH2]c1ccccc1)[CH2]c1ccccc1. The molecule has 168 valence electrons. The quantitative estimate of drug-likeness (QED) is 0.290. The summed E-state index contributed by atoms with van der Waals surface area (Å²) in [4.78, 5) is 0. The third-order valence-corrected chi connectivity index (χ3v) is 16.1. The van der Waals surface area contributed by atoms with Crippen LogP contribution in [0.15, 0.2) is 114 Å². The predicted molar refractivity (Wildman–Crippen MR) is 138 cm³/mol. The van der Waals surface area contributed by atoms with Crippen LogP contribution in [-0.4, -0.2) is 0 Å². The third-order valence-electron chi connectivity index (χ3n) is 7.85. The minimum absolute atomic E-state index is 0.728. The molecule has 33 heavy (non-hydrogen) atoms. The molecule has 1 atom stereocenters. The van der Waals surface area contributed by atoms with Gasteiger partial charge in [-0.1, -0.05) is 0 Å². The van der Waals surface area contributed by atoms with Gasteiger partial charge in [0.2, 0.25) is 0 Å². The fourth-order valence-electron chi connectivity index (χ4n) is 6.55. The van der Waals surface area contributed by atoms with Crippen LogP contribution < -0.4 is 0 Å². The van der Waals surface area contributed by atoms with Crippen LogP contribution in [0.5, 0.6) is 0 Å². The van der Waals surface area contributed by atoms with E-state index in [1.807, 2.05) is 5.57 Å². The van der Waals surface area contributed by atoms with Crippen LogP contribution in [0.3, 0.4) is 0 Å².